The van der Waals surface area contributed by atoms with E-state index in [0.29, 0.717) is 19.3 Å². The fourth-order valence-electron chi connectivity index (χ4n) is 3.63. The van der Waals surface area contributed by atoms with E-state index in [1.165, 1.54) is 38.5 Å². The zero-order chi connectivity index (χ0) is 26.0. The Labute approximate surface area is 222 Å². The summed E-state index contributed by atoms with van der Waals surface area (Å²) in [6.45, 7) is 4.64. The Morgan fingerprint density at radius 3 is 1.17 bits per heavy atom. The number of halogens is 1. The lowest BCUT2D eigenvalue weighted by molar-refractivity contribution is -0.153. The van der Waals surface area contributed by atoms with Gasteiger partial charge < -0.3 is 14.2 Å². The SMILES string of the molecule is CCCCCCCCC(=O)OCC(COC(=O)CCCCCBr)COC(=O)CCCCCCCC. The highest BCUT2D eigenvalue weighted by Crippen LogP contribution is 2.11. The Bertz CT molecular complexity index is 494. The average Bonchev–Trinajstić information content (AvgIpc) is 2.85. The van der Waals surface area contributed by atoms with Gasteiger partial charge in [-0.2, -0.15) is 0 Å². The molecule has 0 rings (SSSR count). The molecule has 0 N–H and O–H groups in total. The molecule has 0 amide bonds. The molecule has 0 aliphatic heterocycles. The maximum Gasteiger partial charge on any atom is 0.305 e. The summed E-state index contributed by atoms with van der Waals surface area (Å²) >= 11 is 3.38. The van der Waals surface area contributed by atoms with Crippen LogP contribution in [0.15, 0.2) is 0 Å². The lowest BCUT2D eigenvalue weighted by atomic mass is 10.1. The van der Waals surface area contributed by atoms with Crippen LogP contribution in [0.1, 0.15) is 129 Å². The van der Waals surface area contributed by atoms with Crippen molar-refractivity contribution in [2.45, 2.75) is 129 Å². The molecule has 0 aliphatic rings. The minimum atomic E-state index is -0.344. The molecule has 0 heterocycles. The summed E-state index contributed by atoms with van der Waals surface area (Å²) in [5, 5.41) is 0.929. The van der Waals surface area contributed by atoms with Crippen molar-refractivity contribution in [1.82, 2.24) is 0 Å². The van der Waals surface area contributed by atoms with E-state index in [-0.39, 0.29) is 43.6 Å². The van der Waals surface area contributed by atoms with Crippen molar-refractivity contribution >= 4 is 33.8 Å². The molecule has 0 saturated carbocycles. The van der Waals surface area contributed by atoms with Crippen LogP contribution >= 0.6 is 15.9 Å². The molecule has 6 nitrogen and oxygen atoms in total. The molecule has 0 atom stereocenters. The zero-order valence-electron chi connectivity index (χ0n) is 22.5. The maximum atomic E-state index is 12.1. The number of hydrogen-bond donors (Lipinski definition) is 0. The lowest BCUT2D eigenvalue weighted by Crippen LogP contribution is -2.26. The first-order valence-electron chi connectivity index (χ1n) is 14.1. The third-order valence-electron chi connectivity index (χ3n) is 5.92. The van der Waals surface area contributed by atoms with Crippen LogP contribution in [0.3, 0.4) is 0 Å². The van der Waals surface area contributed by atoms with Crippen LogP contribution in [-0.4, -0.2) is 43.1 Å². The highest BCUT2D eigenvalue weighted by Gasteiger charge is 2.17. The number of alkyl halides is 1. The summed E-state index contributed by atoms with van der Waals surface area (Å²) in [5.74, 6) is -1.10. The second-order valence-corrected chi connectivity index (χ2v) is 10.2. The fourth-order valence-corrected chi connectivity index (χ4v) is 4.03. The van der Waals surface area contributed by atoms with E-state index in [1.807, 2.05) is 0 Å². The number of rotatable bonds is 25. The van der Waals surface area contributed by atoms with Gasteiger partial charge in [0.1, 0.15) is 19.8 Å². The van der Waals surface area contributed by atoms with Crippen LogP contribution in [0, 0.1) is 5.92 Å². The second-order valence-electron chi connectivity index (χ2n) is 9.45. The third kappa shape index (κ3) is 24.4. The molecule has 0 aliphatic carbocycles. The van der Waals surface area contributed by atoms with Crippen LogP contribution in [0.5, 0.6) is 0 Å². The van der Waals surface area contributed by atoms with Crippen molar-refractivity contribution in [1.29, 1.82) is 0 Å². The number of esters is 3. The van der Waals surface area contributed by atoms with Gasteiger partial charge in [0, 0.05) is 24.6 Å². The zero-order valence-corrected chi connectivity index (χ0v) is 24.0. The third-order valence-corrected chi connectivity index (χ3v) is 6.48. The highest BCUT2D eigenvalue weighted by atomic mass is 79.9. The Morgan fingerprint density at radius 1 is 0.514 bits per heavy atom. The van der Waals surface area contributed by atoms with Crippen LogP contribution in [-0.2, 0) is 28.6 Å². The minimum absolute atomic E-state index is 0.0892. The normalized spacial score (nSPS) is 11.0. The molecule has 0 saturated heterocycles. The lowest BCUT2D eigenvalue weighted by Gasteiger charge is -2.17. The summed E-state index contributed by atoms with van der Waals surface area (Å²) in [7, 11) is 0. The quantitative estimate of drug-likeness (QED) is 0.0490. The predicted octanol–water partition coefficient (Wildman–Crippen LogP) is 7.69. The van der Waals surface area contributed by atoms with Gasteiger partial charge in [-0.1, -0.05) is 100 Å². The number of hydrogen-bond acceptors (Lipinski definition) is 6. The molecule has 35 heavy (non-hydrogen) atoms. The van der Waals surface area contributed by atoms with Crippen LogP contribution in [0.2, 0.25) is 0 Å². The summed E-state index contributed by atoms with van der Waals surface area (Å²) in [5.41, 5.74) is 0. The van der Waals surface area contributed by atoms with Crippen LogP contribution in [0.25, 0.3) is 0 Å². The topological polar surface area (TPSA) is 78.9 Å². The van der Waals surface area contributed by atoms with E-state index in [4.69, 9.17) is 14.2 Å². The Balaban J connectivity index is 4.33. The van der Waals surface area contributed by atoms with E-state index < -0.39 is 0 Å². The molecular formula is C28H51BrO6. The largest absolute Gasteiger partial charge is 0.465 e. The average molecular weight is 564 g/mol. The molecule has 206 valence electrons. The monoisotopic (exact) mass is 562 g/mol. The summed E-state index contributed by atoms with van der Waals surface area (Å²) in [4.78, 5) is 36.3. The standard InChI is InChI=1S/C28H51BrO6/c1-3-5-7-9-11-14-18-26(30)33-22-25(24-35-28(32)20-16-13-17-21-29)23-34-27(31)19-15-12-10-8-6-4-2/h25H,3-24H2,1-2H3. The number of carbonyl (C=O) groups is 3. The van der Waals surface area contributed by atoms with E-state index in [1.54, 1.807) is 0 Å². The Morgan fingerprint density at radius 2 is 0.829 bits per heavy atom. The van der Waals surface area contributed by atoms with Gasteiger partial charge in [-0.15, -0.1) is 0 Å². The van der Waals surface area contributed by atoms with E-state index in [2.05, 4.69) is 29.8 Å². The Kier molecular flexibility index (Phi) is 25.1. The van der Waals surface area contributed by atoms with Gasteiger partial charge in [0.15, 0.2) is 0 Å². The molecule has 7 heteroatoms. The molecule has 0 bridgehead atoms. The second kappa shape index (κ2) is 26.0. The minimum Gasteiger partial charge on any atom is -0.465 e. The van der Waals surface area contributed by atoms with Crippen molar-refractivity contribution < 1.29 is 28.6 Å². The molecule has 0 radical (unpaired) electrons. The molecule has 0 aromatic rings. The smallest absolute Gasteiger partial charge is 0.305 e. The van der Waals surface area contributed by atoms with E-state index >= 15 is 0 Å². The van der Waals surface area contributed by atoms with Gasteiger partial charge in [0.2, 0.25) is 0 Å². The first-order chi connectivity index (χ1) is 17.0. The van der Waals surface area contributed by atoms with Gasteiger partial charge in [0.25, 0.3) is 0 Å². The molecular weight excluding hydrogens is 512 g/mol. The maximum absolute atomic E-state index is 12.1. The van der Waals surface area contributed by atoms with Gasteiger partial charge in [-0.05, 0) is 25.7 Å². The summed E-state index contributed by atoms with van der Waals surface area (Å²) < 4.78 is 16.2. The molecule has 0 aromatic carbocycles. The van der Waals surface area contributed by atoms with Crippen molar-refractivity contribution in [2.24, 2.45) is 5.92 Å². The van der Waals surface area contributed by atoms with Crippen molar-refractivity contribution in [2.75, 3.05) is 25.2 Å². The number of carbonyl (C=O) groups excluding carboxylic acids is 3. The predicted molar refractivity (Wildman–Crippen MR) is 145 cm³/mol. The first kappa shape index (κ1) is 33.9. The molecule has 0 fully saturated rings. The number of ether oxygens (including phenoxy) is 3. The highest BCUT2D eigenvalue weighted by molar-refractivity contribution is 9.09. The van der Waals surface area contributed by atoms with Crippen LogP contribution < -0.4 is 0 Å². The van der Waals surface area contributed by atoms with Crippen molar-refractivity contribution in [3.8, 4) is 0 Å². The van der Waals surface area contributed by atoms with Gasteiger partial charge in [-0.3, -0.25) is 14.4 Å². The molecule has 0 unspecified atom stereocenters. The summed E-state index contributed by atoms with van der Waals surface area (Å²) in [6.07, 6.45) is 17.2. The van der Waals surface area contributed by atoms with E-state index in [9.17, 15) is 14.4 Å². The van der Waals surface area contributed by atoms with Crippen molar-refractivity contribution in [3.63, 3.8) is 0 Å². The van der Waals surface area contributed by atoms with E-state index in [0.717, 1.165) is 63.1 Å². The first-order valence-corrected chi connectivity index (χ1v) is 15.2. The Hall–Kier alpha value is -1.11. The van der Waals surface area contributed by atoms with Crippen molar-refractivity contribution in [3.05, 3.63) is 0 Å². The van der Waals surface area contributed by atoms with Gasteiger partial charge in [-0.25, -0.2) is 0 Å². The van der Waals surface area contributed by atoms with Gasteiger partial charge in [0.05, 0.1) is 5.92 Å². The summed E-state index contributed by atoms with van der Waals surface area (Å²) in [6, 6.07) is 0. The van der Waals surface area contributed by atoms with Crippen LogP contribution in [0.4, 0.5) is 0 Å². The molecule has 0 aromatic heterocycles. The molecule has 0 spiro atoms. The fraction of sp³-hybridized carbons (Fsp3) is 0.893. The number of unbranched alkanes of at least 4 members (excludes halogenated alkanes) is 12. The van der Waals surface area contributed by atoms with Gasteiger partial charge >= 0.3 is 17.9 Å².